The van der Waals surface area contributed by atoms with Gasteiger partial charge in [-0.3, -0.25) is 11.3 Å². The van der Waals surface area contributed by atoms with E-state index < -0.39 is 0 Å². The van der Waals surface area contributed by atoms with Crippen molar-refractivity contribution in [2.45, 2.75) is 62.0 Å². The quantitative estimate of drug-likeness (QED) is 0.610. The second-order valence-electron chi connectivity index (χ2n) is 5.42. The first-order chi connectivity index (χ1) is 8.31. The minimum atomic E-state index is 0.519. The van der Waals surface area contributed by atoms with Crippen molar-refractivity contribution < 1.29 is 0 Å². The van der Waals surface area contributed by atoms with Gasteiger partial charge in [-0.2, -0.15) is 23.5 Å². The second kappa shape index (κ2) is 7.27. The maximum Gasteiger partial charge on any atom is 0.0342 e. The Bertz CT molecular complexity index is 219. The van der Waals surface area contributed by atoms with Crippen molar-refractivity contribution in [3.63, 3.8) is 0 Å². The Balaban J connectivity index is 1.85. The highest BCUT2D eigenvalue weighted by Gasteiger charge is 2.31. The molecule has 0 amide bonds. The summed E-state index contributed by atoms with van der Waals surface area (Å²) in [5, 5.41) is 1.46. The van der Waals surface area contributed by atoms with Gasteiger partial charge in [-0.1, -0.05) is 39.0 Å². The van der Waals surface area contributed by atoms with Crippen molar-refractivity contribution in [3.05, 3.63) is 0 Å². The zero-order chi connectivity index (χ0) is 12.1. The molecule has 1 aliphatic heterocycles. The molecule has 1 aliphatic carbocycles. The highest BCUT2D eigenvalue weighted by Crippen LogP contribution is 2.36. The van der Waals surface area contributed by atoms with Crippen LogP contribution in [0.15, 0.2) is 0 Å². The maximum atomic E-state index is 5.81. The van der Waals surface area contributed by atoms with Crippen LogP contribution in [-0.4, -0.2) is 28.0 Å². The zero-order valence-corrected chi connectivity index (χ0v) is 12.5. The predicted octanol–water partition coefficient (Wildman–Crippen LogP) is 3.03. The van der Waals surface area contributed by atoms with E-state index >= 15 is 0 Å². The standard InChI is InChI=1S/C13H26N2S2/c1-10-13(17-8-7-16-10)12(15-14)9-11-5-3-2-4-6-11/h10-13,15H,2-9,14H2,1H3. The monoisotopic (exact) mass is 274 g/mol. The normalized spacial score (nSPS) is 33.5. The van der Waals surface area contributed by atoms with Crippen LogP contribution < -0.4 is 11.3 Å². The predicted molar refractivity (Wildman–Crippen MR) is 80.5 cm³/mol. The first-order valence-corrected chi connectivity index (χ1v) is 9.10. The van der Waals surface area contributed by atoms with E-state index in [9.17, 15) is 0 Å². The Morgan fingerprint density at radius 1 is 1.18 bits per heavy atom. The van der Waals surface area contributed by atoms with Crippen molar-refractivity contribution in [1.82, 2.24) is 5.43 Å². The van der Waals surface area contributed by atoms with Gasteiger partial charge in [0.2, 0.25) is 0 Å². The molecule has 0 aromatic rings. The fraction of sp³-hybridized carbons (Fsp3) is 1.00. The lowest BCUT2D eigenvalue weighted by Crippen LogP contribution is -2.48. The molecule has 3 N–H and O–H groups in total. The van der Waals surface area contributed by atoms with Gasteiger partial charge >= 0.3 is 0 Å². The van der Waals surface area contributed by atoms with Crippen molar-refractivity contribution in [2.75, 3.05) is 11.5 Å². The topological polar surface area (TPSA) is 38.0 Å². The number of nitrogens with one attached hydrogen (secondary N) is 1. The summed E-state index contributed by atoms with van der Waals surface area (Å²) in [4.78, 5) is 0. The third kappa shape index (κ3) is 4.05. The average Bonchev–Trinajstić information content (AvgIpc) is 2.38. The number of rotatable bonds is 4. The van der Waals surface area contributed by atoms with E-state index in [1.165, 1.54) is 50.0 Å². The minimum Gasteiger partial charge on any atom is -0.271 e. The molecule has 3 atom stereocenters. The van der Waals surface area contributed by atoms with Crippen LogP contribution in [0.5, 0.6) is 0 Å². The number of thioether (sulfide) groups is 2. The third-order valence-corrected chi connectivity index (χ3v) is 7.41. The van der Waals surface area contributed by atoms with Crippen molar-refractivity contribution in [1.29, 1.82) is 0 Å². The fourth-order valence-electron chi connectivity index (χ4n) is 3.17. The first-order valence-electron chi connectivity index (χ1n) is 7.00. The number of nitrogens with two attached hydrogens (primary N) is 1. The molecule has 0 aromatic carbocycles. The fourth-order valence-corrected chi connectivity index (χ4v) is 6.13. The van der Waals surface area contributed by atoms with E-state index in [4.69, 9.17) is 5.84 Å². The highest BCUT2D eigenvalue weighted by molar-refractivity contribution is 8.07. The Hall–Kier alpha value is 0.620. The Morgan fingerprint density at radius 2 is 1.88 bits per heavy atom. The average molecular weight is 274 g/mol. The lowest BCUT2D eigenvalue weighted by atomic mass is 9.84. The summed E-state index contributed by atoms with van der Waals surface area (Å²) < 4.78 is 0. The van der Waals surface area contributed by atoms with Gasteiger partial charge < -0.3 is 0 Å². The smallest absolute Gasteiger partial charge is 0.0342 e. The van der Waals surface area contributed by atoms with Crippen LogP contribution in [0.25, 0.3) is 0 Å². The van der Waals surface area contributed by atoms with Gasteiger partial charge in [-0.05, 0) is 12.3 Å². The van der Waals surface area contributed by atoms with E-state index in [-0.39, 0.29) is 0 Å². The van der Waals surface area contributed by atoms with Crippen LogP contribution in [-0.2, 0) is 0 Å². The molecule has 2 aliphatic rings. The summed E-state index contributed by atoms with van der Waals surface area (Å²) in [6.07, 6.45) is 8.46. The van der Waals surface area contributed by atoms with Crippen LogP contribution in [0.3, 0.4) is 0 Å². The van der Waals surface area contributed by atoms with Crippen molar-refractivity contribution >= 4 is 23.5 Å². The summed E-state index contributed by atoms with van der Waals surface area (Å²) in [5.41, 5.74) is 3.12. The number of hydrogen-bond acceptors (Lipinski definition) is 4. The molecule has 0 aromatic heterocycles. The second-order valence-corrected chi connectivity index (χ2v) is 8.20. The highest BCUT2D eigenvalue weighted by atomic mass is 32.2. The van der Waals surface area contributed by atoms with Crippen LogP contribution >= 0.6 is 23.5 Å². The van der Waals surface area contributed by atoms with Crippen molar-refractivity contribution in [2.24, 2.45) is 11.8 Å². The Morgan fingerprint density at radius 3 is 2.53 bits per heavy atom. The molecule has 1 saturated heterocycles. The molecule has 100 valence electrons. The van der Waals surface area contributed by atoms with Crippen molar-refractivity contribution in [3.8, 4) is 0 Å². The van der Waals surface area contributed by atoms with Gasteiger partial charge in [-0.15, -0.1) is 0 Å². The molecular weight excluding hydrogens is 248 g/mol. The van der Waals surface area contributed by atoms with E-state index in [1.54, 1.807) is 0 Å². The van der Waals surface area contributed by atoms with Crippen LogP contribution in [0.2, 0.25) is 0 Å². The molecule has 2 rings (SSSR count). The Kier molecular flexibility index (Phi) is 6.00. The summed E-state index contributed by atoms with van der Waals surface area (Å²) in [6, 6.07) is 0.519. The van der Waals surface area contributed by atoms with E-state index in [0.717, 1.165) is 11.2 Å². The maximum absolute atomic E-state index is 5.81. The van der Waals surface area contributed by atoms with Gasteiger partial charge in [-0.25, -0.2) is 0 Å². The van der Waals surface area contributed by atoms with E-state index in [0.29, 0.717) is 11.3 Å². The van der Waals surface area contributed by atoms with Gasteiger partial charge in [0, 0.05) is 28.0 Å². The van der Waals surface area contributed by atoms with Gasteiger partial charge in [0.1, 0.15) is 0 Å². The molecular formula is C13H26N2S2. The third-order valence-electron chi connectivity index (χ3n) is 4.16. The SMILES string of the molecule is CC1SCCSC1C(CC1CCCCC1)NN. The van der Waals surface area contributed by atoms with Crippen LogP contribution in [0.1, 0.15) is 45.4 Å². The lowest BCUT2D eigenvalue weighted by molar-refractivity contribution is 0.295. The number of hydrazine groups is 1. The van der Waals surface area contributed by atoms with Gasteiger partial charge in [0.15, 0.2) is 0 Å². The Labute approximate surface area is 114 Å². The molecule has 0 bridgehead atoms. The summed E-state index contributed by atoms with van der Waals surface area (Å²) in [6.45, 7) is 2.37. The summed E-state index contributed by atoms with van der Waals surface area (Å²) >= 11 is 4.24. The summed E-state index contributed by atoms with van der Waals surface area (Å²) in [5.74, 6) is 9.33. The van der Waals surface area contributed by atoms with E-state index in [1.807, 2.05) is 0 Å². The van der Waals surface area contributed by atoms with Gasteiger partial charge in [0.05, 0.1) is 0 Å². The molecule has 4 heteroatoms. The summed E-state index contributed by atoms with van der Waals surface area (Å²) in [7, 11) is 0. The molecule has 2 nitrogen and oxygen atoms in total. The van der Waals surface area contributed by atoms with Crippen LogP contribution in [0.4, 0.5) is 0 Å². The largest absolute Gasteiger partial charge is 0.271 e. The molecule has 3 unspecified atom stereocenters. The molecule has 2 fully saturated rings. The minimum absolute atomic E-state index is 0.519. The van der Waals surface area contributed by atoms with Gasteiger partial charge in [0.25, 0.3) is 0 Å². The first kappa shape index (κ1) is 14.0. The number of hydrogen-bond donors (Lipinski definition) is 2. The molecule has 17 heavy (non-hydrogen) atoms. The lowest BCUT2D eigenvalue weighted by Gasteiger charge is -2.36. The van der Waals surface area contributed by atoms with Crippen LogP contribution in [0, 0.1) is 5.92 Å². The van der Waals surface area contributed by atoms with E-state index in [2.05, 4.69) is 35.9 Å². The molecule has 1 saturated carbocycles. The molecule has 1 heterocycles. The molecule has 0 spiro atoms. The zero-order valence-electron chi connectivity index (χ0n) is 10.9. The molecule has 0 radical (unpaired) electrons.